The molecule has 20 nitrogen and oxygen atoms in total. The molecular weight excluding hydrogens is 1630 g/mol. The standard InChI is InChI=1S/C30H33N3O3.C22H24N2O2.C18H21NO.C12H12N2O2.C9H8N2O.C3H5ClO.3CH4.HI/c1-20-14-27(36-3)13-12-24(20)17-32(25-15-22-8-4-5-9-23(22)16-25)18-26(34)19-33-30(35)29-11-7-6-10-28(29)21(2)31-33;1-15-20-8-4-5-9-21(20)22(26)24(23-15)14-19(25)11-10-16-12-17-6-2-3-7-18(17)13-16;1-13-9-18(20-2)8-7-16(13)12-19-17-10-14-5-3-4-6-15(14)11-17;1-8-10-4-2-3-5-11(10)12(15)14(13-8)6-9-7-16-9;1-6-7-4-2-3-5-8(7)9(12)11-10-6;4-1-3-2-5-3;;;;/h4-14,25-26,34H,15-19H2,1-3H3;2-9,16,19,25H,10-14H2,1H3;3-9,17,19H,10-12H2,1-2H3;2-5,9H,6-7H2,1H3;2-5H,1H3,(H,11,12);3H,1-2H2;3*1H4;1H. The molecule has 22 heteroatoms. The molecular formula is C97H116ClIN10O10. The van der Waals surface area contributed by atoms with E-state index in [4.69, 9.17) is 30.5 Å². The molecule has 4 atom stereocenters. The Kier molecular flexibility index (Phi) is 34.1. The summed E-state index contributed by atoms with van der Waals surface area (Å²) in [7, 11) is 3.39. The molecule has 3 aliphatic carbocycles. The van der Waals surface area contributed by atoms with E-state index in [9.17, 15) is 29.4 Å². The minimum atomic E-state index is -0.738. The number of fused-ring (bicyclic) bond motifs is 7. The minimum absolute atomic E-state index is 0. The largest absolute Gasteiger partial charge is 0.497 e. The van der Waals surface area contributed by atoms with Crippen molar-refractivity contribution < 1.29 is 29.2 Å². The van der Waals surface area contributed by atoms with E-state index in [1.54, 1.807) is 20.3 Å². The summed E-state index contributed by atoms with van der Waals surface area (Å²) in [6.07, 6.45) is 7.32. The Hall–Kier alpha value is -10.1. The number of halogens is 2. The highest BCUT2D eigenvalue weighted by Crippen LogP contribution is 2.32. The van der Waals surface area contributed by atoms with Crippen LogP contribution in [0.3, 0.4) is 0 Å². The molecule has 119 heavy (non-hydrogen) atoms. The number of ether oxygens (including phenoxy) is 4. The smallest absolute Gasteiger partial charge is 0.274 e. The third-order valence-electron chi connectivity index (χ3n) is 22.3. The lowest BCUT2D eigenvalue weighted by Crippen LogP contribution is -2.43. The van der Waals surface area contributed by atoms with Crippen LogP contribution in [0.4, 0.5) is 0 Å². The molecule has 4 unspecified atom stereocenters. The number of alkyl halides is 1. The Balaban J connectivity index is 0.000000172. The van der Waals surface area contributed by atoms with Crippen molar-refractivity contribution in [3.8, 4) is 11.5 Å². The van der Waals surface area contributed by atoms with Gasteiger partial charge in [0.25, 0.3) is 22.2 Å². The molecule has 628 valence electrons. The first kappa shape index (κ1) is 92.8. The number of hydrogen-bond acceptors (Lipinski definition) is 16. The zero-order chi connectivity index (χ0) is 80.7. The highest BCUT2D eigenvalue weighted by atomic mass is 127. The van der Waals surface area contributed by atoms with Crippen molar-refractivity contribution in [1.29, 1.82) is 0 Å². The van der Waals surface area contributed by atoms with Crippen LogP contribution in [0.15, 0.2) is 225 Å². The van der Waals surface area contributed by atoms with E-state index in [0.29, 0.717) is 66.2 Å². The van der Waals surface area contributed by atoms with Gasteiger partial charge in [0.1, 0.15) is 17.6 Å². The van der Waals surface area contributed by atoms with Crippen LogP contribution in [0.2, 0.25) is 0 Å². The number of rotatable bonds is 20. The highest BCUT2D eigenvalue weighted by Gasteiger charge is 2.30. The first-order chi connectivity index (χ1) is 55.8. The fourth-order valence-electron chi connectivity index (χ4n) is 15.7. The van der Waals surface area contributed by atoms with Crippen molar-refractivity contribution in [2.24, 2.45) is 5.92 Å². The predicted octanol–water partition coefficient (Wildman–Crippen LogP) is 16.1. The summed E-state index contributed by atoms with van der Waals surface area (Å²) in [5.41, 5.74) is 16.5. The normalized spacial score (nSPS) is 15.1. The Morgan fingerprint density at radius 1 is 0.487 bits per heavy atom. The highest BCUT2D eigenvalue weighted by molar-refractivity contribution is 14.0. The zero-order valence-electron chi connectivity index (χ0n) is 67.2. The number of nitrogens with one attached hydrogen (secondary N) is 2. The molecule has 0 saturated carbocycles. The second-order valence-electron chi connectivity index (χ2n) is 30.6. The summed E-state index contributed by atoms with van der Waals surface area (Å²) in [6, 6.07) is 69.2. The van der Waals surface area contributed by atoms with Crippen LogP contribution in [0.5, 0.6) is 11.5 Å². The second kappa shape index (κ2) is 43.8. The SMILES string of the molecule is C.C.C.COc1ccc(CN(CC(O)Cn2nc(C)c3ccccc3c2=O)C2Cc3ccccc3C2)c(C)c1.COc1ccc(CNC2Cc3ccccc3C2)c(C)c1.Cc1n[nH]c(=O)c2ccccc12.Cc1nn(CC(O)CCC2Cc3ccccc3C2)c(=O)c2ccccc12.Cc1nn(CC2CO2)c(=O)c2ccccc12.ClCC1CO1.I. The molecule has 2 saturated heterocycles. The Morgan fingerprint density at radius 3 is 1.28 bits per heavy atom. The van der Waals surface area contributed by atoms with Gasteiger partial charge < -0.3 is 34.5 Å². The summed E-state index contributed by atoms with van der Waals surface area (Å²) in [5.74, 6) is 3.03. The van der Waals surface area contributed by atoms with Crippen LogP contribution in [0, 0.1) is 47.5 Å². The van der Waals surface area contributed by atoms with E-state index in [1.807, 2.05) is 131 Å². The van der Waals surface area contributed by atoms with Gasteiger partial charge in [-0.15, -0.1) is 35.6 Å². The fraction of sp³-hybridized carbons (Fsp3) is 0.361. The molecule has 4 N–H and O–H groups in total. The molecule has 4 aromatic heterocycles. The van der Waals surface area contributed by atoms with E-state index < -0.39 is 12.2 Å². The Morgan fingerprint density at radius 2 is 0.866 bits per heavy atom. The lowest BCUT2D eigenvalue weighted by Gasteiger charge is -2.31. The fourth-order valence-corrected chi connectivity index (χ4v) is 15.9. The van der Waals surface area contributed by atoms with E-state index in [0.717, 1.165) is 131 Å². The van der Waals surface area contributed by atoms with E-state index in [-0.39, 0.29) is 93.7 Å². The Labute approximate surface area is 720 Å². The summed E-state index contributed by atoms with van der Waals surface area (Å²) in [4.78, 5) is 51.3. The molecule has 0 spiro atoms. The van der Waals surface area contributed by atoms with Crippen molar-refractivity contribution in [1.82, 2.24) is 49.8 Å². The van der Waals surface area contributed by atoms with Gasteiger partial charge >= 0.3 is 0 Å². The first-order valence-electron chi connectivity index (χ1n) is 39.7. The van der Waals surface area contributed by atoms with Gasteiger partial charge in [-0.3, -0.25) is 24.1 Å². The van der Waals surface area contributed by atoms with Crippen LogP contribution in [-0.4, -0.2) is 131 Å². The van der Waals surface area contributed by atoms with E-state index >= 15 is 0 Å². The molecule has 18 rings (SSSR count). The molecule has 13 aromatic rings. The van der Waals surface area contributed by atoms with Gasteiger partial charge in [0.15, 0.2) is 0 Å². The maximum Gasteiger partial charge on any atom is 0.274 e. The summed E-state index contributed by atoms with van der Waals surface area (Å²) < 4.78 is 24.8. The van der Waals surface area contributed by atoms with Crippen molar-refractivity contribution >= 4 is 78.7 Å². The summed E-state index contributed by atoms with van der Waals surface area (Å²) in [6.45, 7) is 16.5. The molecule has 0 amide bonds. The number of H-pyrrole nitrogens is 1. The summed E-state index contributed by atoms with van der Waals surface area (Å²) in [5, 5.41) is 51.2. The molecule has 9 aromatic carbocycles. The van der Waals surface area contributed by atoms with Gasteiger partial charge in [0, 0.05) is 53.3 Å². The van der Waals surface area contributed by atoms with Crippen LogP contribution >= 0.6 is 35.6 Å². The number of aliphatic hydroxyl groups is 2. The Bertz CT molecular complexity index is 5730. The van der Waals surface area contributed by atoms with Crippen LogP contribution in [-0.2, 0) is 80.7 Å². The summed E-state index contributed by atoms with van der Waals surface area (Å²) >= 11 is 5.27. The molecule has 5 aliphatic rings. The monoisotopic (exact) mass is 1740 g/mol. The molecule has 0 bridgehead atoms. The molecule has 6 heterocycles. The lowest BCUT2D eigenvalue weighted by atomic mass is 9.98. The number of aromatic amines is 1. The predicted molar refractivity (Wildman–Crippen MR) is 492 cm³/mol. The van der Waals surface area contributed by atoms with Crippen LogP contribution in [0.1, 0.15) is 114 Å². The zero-order valence-corrected chi connectivity index (χ0v) is 70.3. The molecule has 2 fully saturated rings. The molecule has 2 aliphatic heterocycles. The number of aryl methyl sites for hydroxylation is 6. The van der Waals surface area contributed by atoms with Gasteiger partial charge in [-0.05, 0) is 203 Å². The number of epoxide rings is 2. The number of hydrogen-bond donors (Lipinski definition) is 4. The van der Waals surface area contributed by atoms with Gasteiger partial charge in [-0.2, -0.15) is 20.4 Å². The first-order valence-corrected chi connectivity index (χ1v) is 40.2. The number of benzene rings is 9. The van der Waals surface area contributed by atoms with Crippen LogP contribution < -0.4 is 37.0 Å². The topological polar surface area (TPSA) is 250 Å². The maximum absolute atomic E-state index is 13.1. The second-order valence-corrected chi connectivity index (χ2v) is 30.9. The van der Waals surface area contributed by atoms with Gasteiger partial charge in [-0.1, -0.05) is 180 Å². The molecule has 0 radical (unpaired) electrons. The van der Waals surface area contributed by atoms with Gasteiger partial charge in [0.05, 0.1) is 116 Å². The van der Waals surface area contributed by atoms with Crippen molar-refractivity contribution in [2.75, 3.05) is 39.9 Å². The van der Waals surface area contributed by atoms with Gasteiger partial charge in [-0.25, -0.2) is 19.1 Å². The number of aliphatic hydroxyl groups excluding tert-OH is 2. The van der Waals surface area contributed by atoms with Crippen molar-refractivity contribution in [2.45, 2.75) is 184 Å². The number of aromatic nitrogens is 8. The lowest BCUT2D eigenvalue weighted by molar-refractivity contribution is 0.0691. The van der Waals surface area contributed by atoms with E-state index in [1.165, 1.54) is 64.1 Å². The maximum atomic E-state index is 13.1. The average molecular weight is 1740 g/mol. The van der Waals surface area contributed by atoms with E-state index in [2.05, 4.69) is 147 Å². The van der Waals surface area contributed by atoms with Gasteiger partial charge in [0.2, 0.25) is 0 Å². The average Bonchev–Trinajstić information content (AvgIpc) is 1.73. The van der Waals surface area contributed by atoms with Crippen molar-refractivity contribution in [3.63, 3.8) is 0 Å². The minimum Gasteiger partial charge on any atom is -0.497 e. The third kappa shape index (κ3) is 24.1. The van der Waals surface area contributed by atoms with Crippen LogP contribution in [0.25, 0.3) is 43.1 Å². The quantitative estimate of drug-likeness (QED) is 0.0314. The van der Waals surface area contributed by atoms with Crippen molar-refractivity contribution in [3.05, 3.63) is 326 Å². The number of nitrogens with zero attached hydrogens (tertiary/aromatic N) is 8. The number of methoxy groups -OCH3 is 2. The third-order valence-corrected chi connectivity index (χ3v) is 22.6.